The Balaban J connectivity index is 2.29. The Labute approximate surface area is 110 Å². The lowest BCUT2D eigenvalue weighted by molar-refractivity contribution is 0.0232. The second-order valence-electron chi connectivity index (χ2n) is 5.80. The first-order valence-electron chi connectivity index (χ1n) is 6.11. The second-order valence-corrected chi connectivity index (χ2v) is 7.85. The molecule has 1 atom stereocenters. The van der Waals surface area contributed by atoms with Crippen molar-refractivity contribution in [1.29, 1.82) is 0 Å². The Morgan fingerprint density at radius 1 is 1.28 bits per heavy atom. The summed E-state index contributed by atoms with van der Waals surface area (Å²) in [4.78, 5) is 12.1. The molecule has 2 rings (SSSR count). The van der Waals surface area contributed by atoms with Crippen LogP contribution in [0.1, 0.15) is 36.7 Å². The molecule has 1 aliphatic rings. The number of Topliss-reactive ketones (excluding diaryl/α,β-unsaturated/α-hetero) is 1. The lowest BCUT2D eigenvalue weighted by Crippen LogP contribution is -2.29. The van der Waals surface area contributed by atoms with Crippen molar-refractivity contribution in [2.75, 3.05) is 0 Å². The molecule has 4 heteroatoms. The van der Waals surface area contributed by atoms with E-state index >= 15 is 0 Å². The molecule has 0 aliphatic carbocycles. The highest BCUT2D eigenvalue weighted by Crippen LogP contribution is 2.34. The summed E-state index contributed by atoms with van der Waals surface area (Å²) in [6.45, 7) is 10.4. The molecule has 18 heavy (non-hydrogen) atoms. The van der Waals surface area contributed by atoms with Crippen LogP contribution in [0.5, 0.6) is 5.75 Å². The van der Waals surface area contributed by atoms with Gasteiger partial charge in [-0.05, 0) is 36.2 Å². The fourth-order valence-corrected chi connectivity index (χ4v) is 2.46. The average molecular weight is 263 g/mol. The van der Waals surface area contributed by atoms with Gasteiger partial charge in [0.25, 0.3) is 6.29 Å². The Morgan fingerprint density at radius 3 is 2.50 bits per heavy atom. The smallest absolute Gasteiger partial charge is 0.255 e. The summed E-state index contributed by atoms with van der Waals surface area (Å²) in [5.74, 6) is 0.595. The molecule has 0 amide bonds. The summed E-state index contributed by atoms with van der Waals surface area (Å²) in [7, 11) is -0.951. The van der Waals surface area contributed by atoms with Crippen LogP contribution in [-0.2, 0) is 9.84 Å². The Kier molecular flexibility index (Phi) is 3.34. The van der Waals surface area contributed by atoms with E-state index in [2.05, 4.69) is 20.8 Å². The number of rotatable bonds is 2. The van der Waals surface area contributed by atoms with E-state index in [4.69, 9.17) is 9.16 Å². The van der Waals surface area contributed by atoms with E-state index in [0.29, 0.717) is 11.3 Å². The Bertz CT molecular complexity index is 474. The van der Waals surface area contributed by atoms with Crippen LogP contribution in [-0.4, -0.2) is 21.1 Å². The van der Waals surface area contributed by atoms with Gasteiger partial charge in [0, 0.05) is 0 Å². The molecular formula is C14H19O3Si. The molecule has 0 spiro atoms. The molecule has 97 valence electrons. The number of hydrogen-bond acceptors (Lipinski definition) is 3. The van der Waals surface area contributed by atoms with Gasteiger partial charge >= 0.3 is 0 Å². The fourth-order valence-electron chi connectivity index (χ4n) is 1.88. The third-order valence-corrected chi connectivity index (χ3v) is 3.59. The quantitative estimate of drug-likeness (QED) is 0.769. The molecule has 1 aliphatic heterocycles. The summed E-state index contributed by atoms with van der Waals surface area (Å²) >= 11 is 0. The van der Waals surface area contributed by atoms with Crippen molar-refractivity contribution in [3.8, 4) is 5.75 Å². The third-order valence-electron chi connectivity index (χ3n) is 2.90. The Morgan fingerprint density at radius 2 is 1.94 bits per heavy atom. The standard InChI is InChI=1S/C14H19O3Si/c1-14(2,3)9-6-7-10-11(8-9)16-13(12(10)15)17-18(4)5/h6-8,13H,1-5H3. The van der Waals surface area contributed by atoms with Crippen molar-refractivity contribution in [3.05, 3.63) is 29.3 Å². The normalized spacial score (nSPS) is 19.0. The Hall–Kier alpha value is -1.13. The largest absolute Gasteiger partial charge is 0.457 e. The molecular weight excluding hydrogens is 244 g/mol. The van der Waals surface area contributed by atoms with Gasteiger partial charge in [-0.25, -0.2) is 0 Å². The van der Waals surface area contributed by atoms with Gasteiger partial charge in [0.1, 0.15) is 5.75 Å². The van der Waals surface area contributed by atoms with Crippen molar-refractivity contribution in [1.82, 2.24) is 0 Å². The zero-order valence-corrected chi connectivity index (χ0v) is 12.5. The number of hydrogen-bond donors (Lipinski definition) is 0. The maximum Gasteiger partial charge on any atom is 0.255 e. The van der Waals surface area contributed by atoms with Gasteiger partial charge in [-0.2, -0.15) is 0 Å². The first kappa shape index (κ1) is 13.3. The molecule has 1 heterocycles. The number of benzene rings is 1. The van der Waals surface area contributed by atoms with Gasteiger partial charge in [-0.3, -0.25) is 4.79 Å². The molecule has 1 aromatic carbocycles. The molecule has 0 saturated carbocycles. The van der Waals surface area contributed by atoms with Gasteiger partial charge in [0.15, 0.2) is 0 Å². The minimum Gasteiger partial charge on any atom is -0.457 e. The van der Waals surface area contributed by atoms with Crippen LogP contribution in [0, 0.1) is 0 Å². The predicted octanol–water partition coefficient (Wildman–Crippen LogP) is 3.15. The number of ketones is 1. The number of ether oxygens (including phenoxy) is 1. The monoisotopic (exact) mass is 263 g/mol. The van der Waals surface area contributed by atoms with Crippen molar-refractivity contribution < 1.29 is 14.0 Å². The number of carbonyl (C=O) groups excluding carboxylic acids is 1. The molecule has 0 saturated heterocycles. The number of carbonyl (C=O) groups is 1. The first-order valence-corrected chi connectivity index (χ1v) is 8.52. The van der Waals surface area contributed by atoms with E-state index in [1.165, 1.54) is 0 Å². The molecule has 1 unspecified atom stereocenters. The van der Waals surface area contributed by atoms with Crippen molar-refractivity contribution in [3.63, 3.8) is 0 Å². The molecule has 0 aromatic heterocycles. The van der Waals surface area contributed by atoms with Crippen LogP contribution >= 0.6 is 0 Å². The molecule has 0 N–H and O–H groups in total. The molecule has 3 nitrogen and oxygen atoms in total. The van der Waals surface area contributed by atoms with Gasteiger partial charge in [-0.1, -0.05) is 26.8 Å². The minimum atomic E-state index is -0.951. The van der Waals surface area contributed by atoms with Crippen molar-refractivity contribution in [2.45, 2.75) is 45.6 Å². The van der Waals surface area contributed by atoms with Crippen LogP contribution in [0.25, 0.3) is 0 Å². The van der Waals surface area contributed by atoms with Gasteiger partial charge in [0.05, 0.1) is 5.56 Å². The van der Waals surface area contributed by atoms with Gasteiger partial charge < -0.3 is 9.16 Å². The lowest BCUT2D eigenvalue weighted by atomic mass is 9.86. The predicted molar refractivity (Wildman–Crippen MR) is 72.5 cm³/mol. The maximum atomic E-state index is 12.1. The minimum absolute atomic E-state index is 0.0465. The van der Waals surface area contributed by atoms with E-state index < -0.39 is 15.3 Å². The van der Waals surface area contributed by atoms with E-state index in [-0.39, 0.29) is 11.2 Å². The SMILES string of the molecule is C[Si](C)OC1Oc2cc(C(C)(C)C)ccc2C1=O. The molecule has 0 fully saturated rings. The number of fused-ring (bicyclic) bond motifs is 1. The van der Waals surface area contributed by atoms with Crippen LogP contribution in [0.2, 0.25) is 13.1 Å². The molecule has 1 radical (unpaired) electrons. The van der Waals surface area contributed by atoms with Crippen molar-refractivity contribution >= 4 is 14.8 Å². The summed E-state index contributed by atoms with van der Waals surface area (Å²) in [5, 5.41) is 0. The summed E-state index contributed by atoms with van der Waals surface area (Å²) in [6, 6.07) is 5.79. The molecule has 1 aromatic rings. The zero-order valence-electron chi connectivity index (χ0n) is 11.5. The van der Waals surface area contributed by atoms with Gasteiger partial charge in [-0.15, -0.1) is 0 Å². The summed E-state index contributed by atoms with van der Waals surface area (Å²) in [6.07, 6.45) is -0.737. The highest BCUT2D eigenvalue weighted by molar-refractivity contribution is 6.48. The fraction of sp³-hybridized carbons (Fsp3) is 0.500. The topological polar surface area (TPSA) is 35.5 Å². The van der Waals surface area contributed by atoms with E-state index in [1.807, 2.05) is 31.3 Å². The van der Waals surface area contributed by atoms with E-state index in [1.54, 1.807) is 0 Å². The zero-order chi connectivity index (χ0) is 13.5. The third kappa shape index (κ3) is 2.49. The van der Waals surface area contributed by atoms with Crippen LogP contribution < -0.4 is 4.74 Å². The average Bonchev–Trinajstić information content (AvgIpc) is 2.53. The maximum absolute atomic E-state index is 12.1. The highest BCUT2D eigenvalue weighted by atomic mass is 28.3. The van der Waals surface area contributed by atoms with Crippen LogP contribution in [0.4, 0.5) is 0 Å². The van der Waals surface area contributed by atoms with Crippen LogP contribution in [0.3, 0.4) is 0 Å². The summed E-state index contributed by atoms with van der Waals surface area (Å²) in [5.41, 5.74) is 1.84. The highest BCUT2D eigenvalue weighted by Gasteiger charge is 2.34. The second kappa shape index (κ2) is 4.52. The first-order chi connectivity index (χ1) is 8.29. The molecule has 0 bridgehead atoms. The van der Waals surface area contributed by atoms with Crippen molar-refractivity contribution in [2.24, 2.45) is 0 Å². The lowest BCUT2D eigenvalue weighted by Gasteiger charge is -2.19. The van der Waals surface area contributed by atoms with E-state index in [0.717, 1.165) is 5.56 Å². The summed E-state index contributed by atoms with van der Waals surface area (Å²) < 4.78 is 11.2. The van der Waals surface area contributed by atoms with Gasteiger partial charge in [0.2, 0.25) is 14.8 Å². The van der Waals surface area contributed by atoms with Crippen LogP contribution in [0.15, 0.2) is 18.2 Å². The van der Waals surface area contributed by atoms with E-state index in [9.17, 15) is 4.79 Å².